The summed E-state index contributed by atoms with van der Waals surface area (Å²) in [6.07, 6.45) is 4.38. The molecule has 1 aliphatic rings. The van der Waals surface area contributed by atoms with Gasteiger partial charge in [0.1, 0.15) is 0 Å². The van der Waals surface area contributed by atoms with Gasteiger partial charge in [-0.3, -0.25) is 18.6 Å². The van der Waals surface area contributed by atoms with Crippen molar-refractivity contribution < 1.29 is 37.3 Å². The van der Waals surface area contributed by atoms with Gasteiger partial charge in [-0.1, -0.05) is 6.07 Å². The molecule has 1 fully saturated rings. The minimum absolute atomic E-state index is 0.0598. The summed E-state index contributed by atoms with van der Waals surface area (Å²) < 4.78 is 33.0. The summed E-state index contributed by atoms with van der Waals surface area (Å²) in [7, 11) is -8.95. The van der Waals surface area contributed by atoms with Crippen molar-refractivity contribution in [3.05, 3.63) is 64.5 Å². The maximum absolute atomic E-state index is 12.9. The fourth-order valence-corrected chi connectivity index (χ4v) is 6.82. The molecule has 0 spiro atoms. The van der Waals surface area contributed by atoms with Crippen LogP contribution < -0.4 is 5.82 Å². The van der Waals surface area contributed by atoms with Crippen molar-refractivity contribution >= 4 is 32.4 Å². The molecule has 4 unspecified atom stereocenters. The van der Waals surface area contributed by atoms with Crippen LogP contribution in [0.4, 0.5) is 0 Å². The van der Waals surface area contributed by atoms with Gasteiger partial charge in [0.05, 0.1) is 0 Å². The molecule has 1 aliphatic heterocycles. The predicted molar refractivity (Wildman–Crippen MR) is 98.6 cm³/mol. The molecule has 0 amide bonds. The Hall–Kier alpha value is -2.03. The average molecular weight is 427 g/mol. The second-order valence-electron chi connectivity index (χ2n) is 6.24. The molecule has 28 heavy (non-hydrogen) atoms. The molecule has 0 saturated carbocycles. The monoisotopic (exact) mass is 427 g/mol. The zero-order valence-corrected chi connectivity index (χ0v) is 16.0. The van der Waals surface area contributed by atoms with Crippen LogP contribution in [0.3, 0.4) is 0 Å². The van der Waals surface area contributed by atoms with Crippen LogP contribution in [-0.2, 0) is 20.0 Å². The summed E-state index contributed by atoms with van der Waals surface area (Å²) in [5.41, 5.74) is 0.763. The lowest BCUT2D eigenvalue weighted by molar-refractivity contribution is -0.0473. The van der Waals surface area contributed by atoms with Crippen molar-refractivity contribution in [1.82, 2.24) is 4.98 Å². The number of nitrogens with zero attached hydrogens (tertiary/aromatic N) is 1. The molecule has 148 valence electrons. The molecular formula is C16H15NO9P2. The number of aromatic nitrogens is 1. The summed E-state index contributed by atoms with van der Waals surface area (Å²) in [6.45, 7) is 0. The molecule has 1 aromatic carbocycles. The highest BCUT2D eigenvalue weighted by molar-refractivity contribution is 7.78. The summed E-state index contributed by atoms with van der Waals surface area (Å²) in [5, 5.41) is 8.24. The van der Waals surface area contributed by atoms with Crippen molar-refractivity contribution in [3.8, 4) is 0 Å². The van der Waals surface area contributed by atoms with E-state index in [1.165, 1.54) is 30.6 Å². The molecule has 3 heterocycles. The Morgan fingerprint density at radius 1 is 1.18 bits per heavy atom. The van der Waals surface area contributed by atoms with Crippen molar-refractivity contribution in [2.75, 3.05) is 0 Å². The van der Waals surface area contributed by atoms with Gasteiger partial charge in [0.25, 0.3) is 0 Å². The van der Waals surface area contributed by atoms with Gasteiger partial charge in [-0.15, -0.1) is 0 Å². The van der Waals surface area contributed by atoms with Crippen LogP contribution in [0.5, 0.6) is 0 Å². The fraction of sp³-hybridized carbons (Fsp3) is 0.188. The zero-order chi connectivity index (χ0) is 20.2. The molecule has 4 rings (SSSR count). The number of fused-ring (bicyclic) bond motifs is 1. The standard InChI is InChI=1S/C16H15NO9P2/c1-27(20)16(19,8-10-3-2-6-17-9-10)28(21,22)26-14(25-27)11-4-5-12-13(7-11)24-15(18)23-12/h2-7,9,14,19-20H,1,8H2,(H,21,22). The van der Waals surface area contributed by atoms with Gasteiger partial charge in [0.2, 0.25) is 5.08 Å². The van der Waals surface area contributed by atoms with Crippen LogP contribution in [0, 0.1) is 0 Å². The number of benzene rings is 1. The number of pyridine rings is 1. The molecule has 3 aromatic rings. The highest BCUT2D eigenvalue weighted by atomic mass is 31.2. The van der Waals surface area contributed by atoms with Gasteiger partial charge in [-0.05, 0) is 36.1 Å². The van der Waals surface area contributed by atoms with Gasteiger partial charge >= 0.3 is 13.4 Å². The minimum atomic E-state index is -4.85. The minimum Gasteiger partial charge on any atom is -0.391 e. The lowest BCUT2D eigenvalue weighted by Crippen LogP contribution is -2.38. The van der Waals surface area contributed by atoms with Crippen LogP contribution >= 0.6 is 14.9 Å². The highest BCUT2D eigenvalue weighted by Crippen LogP contribution is 2.78. The Balaban J connectivity index is 1.71. The maximum atomic E-state index is 12.9. The van der Waals surface area contributed by atoms with E-state index in [0.717, 1.165) is 0 Å². The molecule has 0 aliphatic carbocycles. The fourth-order valence-electron chi connectivity index (χ4n) is 2.83. The number of aliphatic hydroxyl groups is 1. The lowest BCUT2D eigenvalue weighted by Gasteiger charge is -2.45. The number of rotatable bonds is 3. The largest absolute Gasteiger partial charge is 0.519 e. The van der Waals surface area contributed by atoms with E-state index in [0.29, 0.717) is 5.56 Å². The van der Waals surface area contributed by atoms with E-state index in [9.17, 15) is 24.3 Å². The number of hydrogen-bond donors (Lipinski definition) is 3. The quantitative estimate of drug-likeness (QED) is 0.530. The summed E-state index contributed by atoms with van der Waals surface area (Å²) in [5.74, 6) is -0.919. The molecule has 0 bridgehead atoms. The van der Waals surface area contributed by atoms with Crippen molar-refractivity contribution in [2.45, 2.75) is 17.8 Å². The third-order valence-corrected chi connectivity index (χ3v) is 9.37. The first kappa shape index (κ1) is 19.3. The smallest absolute Gasteiger partial charge is 0.391 e. The molecule has 1 saturated heterocycles. The third kappa shape index (κ3) is 3.09. The topological polar surface area (TPSA) is 152 Å². The van der Waals surface area contributed by atoms with E-state index >= 15 is 0 Å². The van der Waals surface area contributed by atoms with Gasteiger partial charge < -0.3 is 23.7 Å². The Morgan fingerprint density at radius 2 is 1.93 bits per heavy atom. The van der Waals surface area contributed by atoms with Gasteiger partial charge in [-0.25, -0.2) is 4.79 Å². The SMILES string of the molecule is C=P1(O)OC(c2ccc3oc(=O)oc3c2)OP(=O)(O)C1(O)Cc1cccnc1. The van der Waals surface area contributed by atoms with E-state index in [1.54, 1.807) is 12.1 Å². The Labute approximate surface area is 157 Å². The van der Waals surface area contributed by atoms with Gasteiger partial charge in [-0.2, -0.15) is 0 Å². The molecule has 4 atom stereocenters. The molecule has 10 nitrogen and oxygen atoms in total. The van der Waals surface area contributed by atoms with Gasteiger partial charge in [0, 0.05) is 24.4 Å². The first-order chi connectivity index (χ1) is 13.1. The van der Waals surface area contributed by atoms with Crippen molar-refractivity contribution in [1.29, 1.82) is 0 Å². The lowest BCUT2D eigenvalue weighted by atomic mass is 10.2. The average Bonchev–Trinajstić information content (AvgIpc) is 2.99. The summed E-state index contributed by atoms with van der Waals surface area (Å²) in [4.78, 5) is 36.3. The Morgan fingerprint density at radius 3 is 2.61 bits per heavy atom. The van der Waals surface area contributed by atoms with Crippen LogP contribution in [0.2, 0.25) is 0 Å². The summed E-state index contributed by atoms with van der Waals surface area (Å²) >= 11 is 0. The molecule has 3 N–H and O–H groups in total. The first-order valence-electron chi connectivity index (χ1n) is 7.92. The van der Waals surface area contributed by atoms with E-state index in [4.69, 9.17) is 17.9 Å². The molecule has 0 radical (unpaired) electrons. The van der Waals surface area contributed by atoms with Crippen molar-refractivity contribution in [3.63, 3.8) is 0 Å². The Kier molecular flexibility index (Phi) is 4.48. The normalized spacial score (nSPS) is 33.2. The van der Waals surface area contributed by atoms with Crippen LogP contribution in [0.1, 0.15) is 17.4 Å². The van der Waals surface area contributed by atoms with E-state index in [1.807, 2.05) is 0 Å². The molecule has 12 heteroatoms. The highest BCUT2D eigenvalue weighted by Gasteiger charge is 2.62. The number of hydrogen-bond acceptors (Lipinski definition) is 9. The Bertz CT molecular complexity index is 1160. The van der Waals surface area contributed by atoms with Crippen LogP contribution in [0.15, 0.2) is 56.4 Å². The van der Waals surface area contributed by atoms with Crippen LogP contribution in [-0.4, -0.2) is 31.3 Å². The van der Waals surface area contributed by atoms with E-state index < -0.39 is 38.6 Å². The van der Waals surface area contributed by atoms with Crippen LogP contribution in [0.25, 0.3) is 11.2 Å². The van der Waals surface area contributed by atoms with Crippen molar-refractivity contribution in [2.24, 2.45) is 0 Å². The molecular weight excluding hydrogens is 412 g/mol. The second-order valence-corrected chi connectivity index (χ2v) is 10.9. The third-order valence-electron chi connectivity index (χ3n) is 4.31. The van der Waals surface area contributed by atoms with E-state index in [2.05, 4.69) is 11.3 Å². The van der Waals surface area contributed by atoms with E-state index in [-0.39, 0.29) is 16.7 Å². The zero-order valence-electron chi connectivity index (χ0n) is 14.2. The molecule has 2 aromatic heterocycles. The van der Waals surface area contributed by atoms with Gasteiger partial charge in [0.15, 0.2) is 24.8 Å². The predicted octanol–water partition coefficient (Wildman–Crippen LogP) is 2.17. The second kappa shape index (κ2) is 6.50. The summed E-state index contributed by atoms with van der Waals surface area (Å²) in [6, 6.07) is 7.21. The first-order valence-corrected chi connectivity index (χ1v) is 11.3. The maximum Gasteiger partial charge on any atom is 0.519 e.